The van der Waals surface area contributed by atoms with Crippen LogP contribution in [0, 0.1) is 5.82 Å². The number of aliphatic carboxylic acids is 1. The number of carbonyl (C=O) groups excluding carboxylic acids is 1. The van der Waals surface area contributed by atoms with Gasteiger partial charge in [0.05, 0.1) is 10.6 Å². The van der Waals surface area contributed by atoms with E-state index in [-0.39, 0.29) is 28.5 Å². The van der Waals surface area contributed by atoms with E-state index in [1.807, 2.05) is 0 Å². The lowest BCUT2D eigenvalue weighted by molar-refractivity contribution is -0.136. The maximum Gasteiger partial charge on any atom is 0.323 e. The number of anilines is 1. The number of carboxylic acid groups (broad SMARTS) is 1. The highest BCUT2D eigenvalue weighted by Crippen LogP contribution is 2.30. The smallest absolute Gasteiger partial charge is 0.323 e. The number of halogens is 1. The molecule has 146 valence electrons. The zero-order valence-electron chi connectivity index (χ0n) is 14.6. The highest BCUT2D eigenvalue weighted by molar-refractivity contribution is 7.90. The van der Waals surface area contributed by atoms with Gasteiger partial charge < -0.3 is 9.94 Å². The third-order valence-corrected chi connectivity index (χ3v) is 5.11. The van der Waals surface area contributed by atoms with Crippen LogP contribution in [-0.2, 0) is 30.9 Å². The van der Waals surface area contributed by atoms with Crippen LogP contribution in [0.5, 0.6) is 0 Å². The van der Waals surface area contributed by atoms with Gasteiger partial charge in [-0.3, -0.25) is 14.5 Å². The van der Waals surface area contributed by atoms with Gasteiger partial charge in [0.25, 0.3) is 5.91 Å². The van der Waals surface area contributed by atoms with E-state index < -0.39 is 34.1 Å². The molecule has 1 amide bonds. The first-order valence-corrected chi connectivity index (χ1v) is 9.88. The number of sulfone groups is 1. The summed E-state index contributed by atoms with van der Waals surface area (Å²) in [6.45, 7) is -0.659. The Morgan fingerprint density at radius 2 is 1.89 bits per heavy atom. The monoisotopic (exact) mass is 406 g/mol. The number of nitrogens with zero attached hydrogens (tertiary/aromatic N) is 2. The van der Waals surface area contributed by atoms with Gasteiger partial charge in [0.2, 0.25) is 0 Å². The number of amides is 1. The second-order valence-electron chi connectivity index (χ2n) is 6.08. The lowest BCUT2D eigenvalue weighted by atomic mass is 10.1. The summed E-state index contributed by atoms with van der Waals surface area (Å²) in [6.07, 6.45) is 1.09. The maximum atomic E-state index is 13.6. The van der Waals surface area contributed by atoms with Crippen molar-refractivity contribution in [1.82, 2.24) is 0 Å². The molecule has 1 aliphatic heterocycles. The maximum absolute atomic E-state index is 13.6. The average molecular weight is 406 g/mol. The summed E-state index contributed by atoms with van der Waals surface area (Å²) in [6, 6.07) is 9.42. The second kappa shape index (κ2) is 7.39. The van der Waals surface area contributed by atoms with E-state index in [9.17, 15) is 22.4 Å². The van der Waals surface area contributed by atoms with E-state index in [0.717, 1.165) is 23.3 Å². The molecule has 0 saturated heterocycles. The van der Waals surface area contributed by atoms with Crippen molar-refractivity contribution in [2.45, 2.75) is 11.5 Å². The van der Waals surface area contributed by atoms with E-state index in [1.165, 1.54) is 30.3 Å². The molecule has 3 rings (SSSR count). The fourth-order valence-electron chi connectivity index (χ4n) is 2.67. The zero-order chi connectivity index (χ0) is 20.5. The molecule has 0 aromatic heterocycles. The average Bonchev–Trinajstić information content (AvgIpc) is 2.86. The minimum absolute atomic E-state index is 0.0651. The third kappa shape index (κ3) is 4.01. The molecule has 0 atom stereocenters. The van der Waals surface area contributed by atoms with Crippen LogP contribution in [0.25, 0.3) is 0 Å². The van der Waals surface area contributed by atoms with Gasteiger partial charge in [0.1, 0.15) is 19.0 Å². The Morgan fingerprint density at radius 3 is 2.50 bits per heavy atom. The Labute approximate surface area is 159 Å². The number of hydrogen-bond donors (Lipinski definition) is 1. The molecule has 10 heteroatoms. The quantitative estimate of drug-likeness (QED) is 0.729. The van der Waals surface area contributed by atoms with E-state index >= 15 is 0 Å². The van der Waals surface area contributed by atoms with Crippen LogP contribution in [0.4, 0.5) is 10.1 Å². The summed E-state index contributed by atoms with van der Waals surface area (Å²) in [7, 11) is -3.32. The molecule has 2 aromatic carbocycles. The van der Waals surface area contributed by atoms with Crippen LogP contribution >= 0.6 is 0 Å². The number of hydrogen-bond acceptors (Lipinski definition) is 6. The van der Waals surface area contributed by atoms with Crippen LogP contribution in [-0.4, -0.2) is 43.9 Å². The van der Waals surface area contributed by atoms with Crippen molar-refractivity contribution in [1.29, 1.82) is 0 Å². The largest absolute Gasteiger partial charge is 0.480 e. The van der Waals surface area contributed by atoms with Gasteiger partial charge in [-0.25, -0.2) is 12.8 Å². The number of rotatable bonds is 6. The Bertz CT molecular complexity index is 1080. The minimum Gasteiger partial charge on any atom is -0.480 e. The van der Waals surface area contributed by atoms with Crippen molar-refractivity contribution in [3.63, 3.8) is 0 Å². The number of carboxylic acids is 1. The van der Waals surface area contributed by atoms with Gasteiger partial charge >= 0.3 is 5.97 Å². The number of benzene rings is 2. The fourth-order valence-corrected chi connectivity index (χ4v) is 3.30. The van der Waals surface area contributed by atoms with Crippen molar-refractivity contribution in [2.75, 3.05) is 17.7 Å². The van der Waals surface area contributed by atoms with Crippen molar-refractivity contribution in [2.24, 2.45) is 5.16 Å². The molecule has 0 aliphatic carbocycles. The van der Waals surface area contributed by atoms with Gasteiger partial charge in [-0.15, -0.1) is 0 Å². The normalized spacial score (nSPS) is 15.0. The number of fused-ring (bicyclic) bond motifs is 1. The molecule has 28 heavy (non-hydrogen) atoms. The van der Waals surface area contributed by atoms with Crippen LogP contribution in [0.15, 0.2) is 52.5 Å². The van der Waals surface area contributed by atoms with Gasteiger partial charge in [-0.05, 0) is 35.9 Å². The van der Waals surface area contributed by atoms with Gasteiger partial charge in [-0.2, -0.15) is 0 Å². The van der Waals surface area contributed by atoms with Crippen molar-refractivity contribution in [3.05, 3.63) is 59.4 Å². The first-order valence-electron chi connectivity index (χ1n) is 7.99. The van der Waals surface area contributed by atoms with Crippen LogP contribution in [0.1, 0.15) is 11.1 Å². The van der Waals surface area contributed by atoms with E-state index in [4.69, 9.17) is 9.94 Å². The van der Waals surface area contributed by atoms with E-state index in [2.05, 4.69) is 5.16 Å². The summed E-state index contributed by atoms with van der Waals surface area (Å²) in [4.78, 5) is 29.8. The Kier molecular flexibility index (Phi) is 5.14. The summed E-state index contributed by atoms with van der Waals surface area (Å²) in [5.74, 6) is -2.54. The highest BCUT2D eigenvalue weighted by atomic mass is 32.2. The zero-order valence-corrected chi connectivity index (χ0v) is 15.4. The number of carbonyl (C=O) groups is 2. The highest BCUT2D eigenvalue weighted by Gasteiger charge is 2.36. The second-order valence-corrected chi connectivity index (χ2v) is 8.09. The van der Waals surface area contributed by atoms with Gasteiger partial charge in [0.15, 0.2) is 15.5 Å². The van der Waals surface area contributed by atoms with Gasteiger partial charge in [0, 0.05) is 11.8 Å². The van der Waals surface area contributed by atoms with E-state index in [0.29, 0.717) is 5.56 Å². The molecule has 0 saturated carbocycles. The summed E-state index contributed by atoms with van der Waals surface area (Å²) in [5.41, 5.74) is 0.764. The Balaban J connectivity index is 1.81. The standard InChI is InChI=1S/C18H15FN2O6S/c1-28(25,26)13-5-2-11(3-6-13)10-27-20-17-14-8-12(19)4-7-15(14)21(18(17)24)9-16(22)23/h2-8H,9-10H2,1H3,(H,22,23)/b20-17+. The van der Waals surface area contributed by atoms with Crippen LogP contribution in [0.2, 0.25) is 0 Å². The molecule has 1 aliphatic rings. The minimum atomic E-state index is -3.32. The molecule has 1 N–H and O–H groups in total. The third-order valence-electron chi connectivity index (χ3n) is 3.98. The predicted molar refractivity (Wildman–Crippen MR) is 97.3 cm³/mol. The topological polar surface area (TPSA) is 113 Å². The first kappa shape index (κ1) is 19.5. The Hall–Kier alpha value is -3.27. The number of oxime groups is 1. The molecule has 0 bridgehead atoms. The SMILES string of the molecule is CS(=O)(=O)c1ccc(CO/N=C2/C(=O)N(CC(=O)O)c3ccc(F)cc32)cc1. The molecule has 2 aromatic rings. The Morgan fingerprint density at radius 1 is 1.21 bits per heavy atom. The summed E-state index contributed by atoms with van der Waals surface area (Å²) in [5, 5.41) is 12.7. The molecule has 8 nitrogen and oxygen atoms in total. The van der Waals surface area contributed by atoms with Crippen LogP contribution < -0.4 is 4.90 Å². The predicted octanol–water partition coefficient (Wildman–Crippen LogP) is 1.58. The van der Waals surface area contributed by atoms with Crippen molar-refractivity contribution < 1.29 is 32.3 Å². The molecule has 1 heterocycles. The summed E-state index contributed by atoms with van der Waals surface area (Å²) < 4.78 is 36.5. The molecule has 0 unspecified atom stereocenters. The van der Waals surface area contributed by atoms with E-state index in [1.54, 1.807) is 0 Å². The van der Waals surface area contributed by atoms with Crippen molar-refractivity contribution in [3.8, 4) is 0 Å². The van der Waals surface area contributed by atoms with Crippen LogP contribution in [0.3, 0.4) is 0 Å². The molecular weight excluding hydrogens is 391 g/mol. The van der Waals surface area contributed by atoms with Crippen molar-refractivity contribution >= 4 is 33.1 Å². The van der Waals surface area contributed by atoms with Gasteiger partial charge in [-0.1, -0.05) is 17.3 Å². The fraction of sp³-hybridized carbons (Fsp3) is 0.167. The molecule has 0 spiro atoms. The lowest BCUT2D eigenvalue weighted by Crippen LogP contribution is -2.34. The molecular formula is C18H15FN2O6S. The first-order chi connectivity index (χ1) is 13.2. The summed E-state index contributed by atoms with van der Waals surface area (Å²) >= 11 is 0. The molecule has 0 fully saturated rings. The lowest BCUT2D eigenvalue weighted by Gasteiger charge is -2.13. The molecule has 0 radical (unpaired) electrons.